The summed E-state index contributed by atoms with van der Waals surface area (Å²) in [5, 5.41) is 5.90. The third kappa shape index (κ3) is 3.22. The fourth-order valence-corrected chi connectivity index (χ4v) is 2.93. The lowest BCUT2D eigenvalue weighted by molar-refractivity contribution is 0.0939. The van der Waals surface area contributed by atoms with Gasteiger partial charge >= 0.3 is 0 Å². The Balaban J connectivity index is 2.15. The zero-order valence-electron chi connectivity index (χ0n) is 11.0. The topological polar surface area (TPSA) is 42.0 Å². The summed E-state index contributed by atoms with van der Waals surface area (Å²) in [5.74, 6) is -0.0702. The highest BCUT2D eigenvalue weighted by molar-refractivity contribution is 9.10. The smallest absolute Gasteiger partial charge is 0.252 e. The van der Waals surface area contributed by atoms with Crippen molar-refractivity contribution in [2.75, 3.05) is 0 Å². The molecule has 1 amide bonds. The van der Waals surface area contributed by atoms with E-state index in [4.69, 9.17) is 0 Å². The highest BCUT2D eigenvalue weighted by Gasteiger charge is 2.16. The van der Waals surface area contributed by atoms with E-state index in [1.807, 2.05) is 44.4 Å². The van der Waals surface area contributed by atoms with E-state index in [1.165, 1.54) is 0 Å². The van der Waals surface area contributed by atoms with E-state index in [-0.39, 0.29) is 11.9 Å². The molecule has 100 valence electrons. The van der Waals surface area contributed by atoms with Crippen molar-refractivity contribution < 1.29 is 4.79 Å². The van der Waals surface area contributed by atoms with Crippen LogP contribution in [0, 0.1) is 13.8 Å². The van der Waals surface area contributed by atoms with E-state index >= 15 is 0 Å². The molecule has 0 aliphatic rings. The Morgan fingerprint density at radius 3 is 2.79 bits per heavy atom. The Morgan fingerprint density at radius 1 is 1.42 bits per heavy atom. The molecule has 1 aromatic carbocycles. The minimum atomic E-state index is -0.0791. The van der Waals surface area contributed by atoms with Gasteiger partial charge in [0.2, 0.25) is 0 Å². The Kier molecular flexibility index (Phi) is 4.37. The summed E-state index contributed by atoms with van der Waals surface area (Å²) < 4.78 is 0.942. The number of aryl methyl sites for hydroxylation is 1. The Labute approximate surface area is 125 Å². The van der Waals surface area contributed by atoms with Gasteiger partial charge in [-0.2, -0.15) is 0 Å². The molecule has 1 unspecified atom stereocenters. The number of hydrogen-bond donors (Lipinski definition) is 1. The lowest BCUT2D eigenvalue weighted by Crippen LogP contribution is -2.27. The molecule has 0 aliphatic carbocycles. The molecular weight excluding hydrogens is 324 g/mol. The molecule has 2 aromatic rings. The van der Waals surface area contributed by atoms with Gasteiger partial charge in [-0.25, -0.2) is 4.98 Å². The van der Waals surface area contributed by atoms with Crippen LogP contribution in [0.4, 0.5) is 0 Å². The van der Waals surface area contributed by atoms with E-state index in [2.05, 4.69) is 26.2 Å². The number of carbonyl (C=O) groups excluding carboxylic acids is 1. The van der Waals surface area contributed by atoms with Crippen LogP contribution in [-0.4, -0.2) is 10.9 Å². The van der Waals surface area contributed by atoms with Gasteiger partial charge in [-0.1, -0.05) is 22.0 Å². The third-order valence-corrected chi connectivity index (χ3v) is 4.87. The number of amides is 1. The van der Waals surface area contributed by atoms with Gasteiger partial charge in [0.25, 0.3) is 5.91 Å². The van der Waals surface area contributed by atoms with Gasteiger partial charge in [0.1, 0.15) is 5.01 Å². The number of nitrogens with one attached hydrogen (secondary N) is 1. The summed E-state index contributed by atoms with van der Waals surface area (Å²) >= 11 is 5.01. The first-order chi connectivity index (χ1) is 8.99. The fourth-order valence-electron chi connectivity index (χ4n) is 1.76. The normalized spacial score (nSPS) is 12.2. The van der Waals surface area contributed by atoms with Gasteiger partial charge in [-0.15, -0.1) is 11.3 Å². The summed E-state index contributed by atoms with van der Waals surface area (Å²) in [4.78, 5) is 16.6. The predicted molar refractivity (Wildman–Crippen MR) is 81.6 cm³/mol. The van der Waals surface area contributed by atoms with E-state index in [0.29, 0.717) is 5.56 Å². The average Bonchev–Trinajstić information content (AvgIpc) is 2.79. The molecule has 0 saturated heterocycles. The van der Waals surface area contributed by atoms with Gasteiger partial charge in [0.05, 0.1) is 6.04 Å². The summed E-state index contributed by atoms with van der Waals surface area (Å²) in [6, 6.07) is 5.55. The maximum Gasteiger partial charge on any atom is 0.252 e. The maximum atomic E-state index is 12.3. The molecule has 0 saturated carbocycles. The number of halogens is 1. The standard InChI is InChI=1S/C14H15BrN2OS/c1-8-7-19-14(16-8)10(3)17-13(18)11-5-4-6-12(15)9(11)2/h4-7,10H,1-3H3,(H,17,18). The summed E-state index contributed by atoms with van der Waals surface area (Å²) in [6.45, 7) is 5.83. The maximum absolute atomic E-state index is 12.3. The zero-order valence-corrected chi connectivity index (χ0v) is 13.4. The zero-order chi connectivity index (χ0) is 14.0. The van der Waals surface area contributed by atoms with Gasteiger partial charge in [0.15, 0.2) is 0 Å². The molecule has 0 spiro atoms. The quantitative estimate of drug-likeness (QED) is 0.918. The third-order valence-electron chi connectivity index (χ3n) is 2.87. The molecule has 0 bridgehead atoms. The second-order valence-corrected chi connectivity index (χ2v) is 6.18. The van der Waals surface area contributed by atoms with Crippen molar-refractivity contribution in [1.29, 1.82) is 0 Å². The van der Waals surface area contributed by atoms with Crippen LogP contribution in [0.15, 0.2) is 28.1 Å². The summed E-state index contributed by atoms with van der Waals surface area (Å²) in [5.41, 5.74) is 2.62. The molecule has 1 aromatic heterocycles. The molecule has 1 N–H and O–H groups in total. The molecule has 3 nitrogen and oxygen atoms in total. The molecule has 19 heavy (non-hydrogen) atoms. The van der Waals surface area contributed by atoms with Crippen molar-refractivity contribution in [2.45, 2.75) is 26.8 Å². The molecule has 0 aliphatic heterocycles. The monoisotopic (exact) mass is 338 g/mol. The van der Waals surface area contributed by atoms with Crippen molar-refractivity contribution in [3.8, 4) is 0 Å². The first kappa shape index (κ1) is 14.2. The lowest BCUT2D eigenvalue weighted by atomic mass is 10.1. The van der Waals surface area contributed by atoms with Gasteiger partial charge in [-0.3, -0.25) is 4.79 Å². The van der Waals surface area contributed by atoms with Crippen molar-refractivity contribution >= 4 is 33.2 Å². The van der Waals surface area contributed by atoms with Crippen LogP contribution >= 0.6 is 27.3 Å². The fraction of sp³-hybridized carbons (Fsp3) is 0.286. The highest BCUT2D eigenvalue weighted by Crippen LogP contribution is 2.21. The van der Waals surface area contributed by atoms with Crippen LogP contribution in [0.2, 0.25) is 0 Å². The van der Waals surface area contributed by atoms with Crippen LogP contribution in [0.1, 0.15) is 39.6 Å². The van der Waals surface area contributed by atoms with Gasteiger partial charge in [0, 0.05) is 21.1 Å². The second kappa shape index (κ2) is 5.84. The highest BCUT2D eigenvalue weighted by atomic mass is 79.9. The van der Waals surface area contributed by atoms with Crippen molar-refractivity contribution in [2.24, 2.45) is 0 Å². The first-order valence-electron chi connectivity index (χ1n) is 5.97. The van der Waals surface area contributed by atoms with Crippen molar-refractivity contribution in [3.05, 3.63) is 49.9 Å². The van der Waals surface area contributed by atoms with Crippen LogP contribution < -0.4 is 5.32 Å². The molecule has 0 radical (unpaired) electrons. The first-order valence-corrected chi connectivity index (χ1v) is 7.64. The summed E-state index contributed by atoms with van der Waals surface area (Å²) in [7, 11) is 0. The molecule has 5 heteroatoms. The number of carbonyl (C=O) groups is 1. The van der Waals surface area contributed by atoms with Crippen molar-refractivity contribution in [1.82, 2.24) is 10.3 Å². The number of hydrogen-bond acceptors (Lipinski definition) is 3. The van der Waals surface area contributed by atoms with E-state index in [9.17, 15) is 4.79 Å². The van der Waals surface area contributed by atoms with Crippen LogP contribution in [0.5, 0.6) is 0 Å². The van der Waals surface area contributed by atoms with E-state index in [0.717, 1.165) is 20.7 Å². The number of benzene rings is 1. The van der Waals surface area contributed by atoms with Crippen molar-refractivity contribution in [3.63, 3.8) is 0 Å². The van der Waals surface area contributed by atoms with E-state index < -0.39 is 0 Å². The van der Waals surface area contributed by atoms with Crippen LogP contribution in [0.3, 0.4) is 0 Å². The number of nitrogens with zero attached hydrogens (tertiary/aromatic N) is 1. The molecule has 1 heterocycles. The number of rotatable bonds is 3. The predicted octanol–water partition coefficient (Wildman–Crippen LogP) is 4.01. The van der Waals surface area contributed by atoms with E-state index in [1.54, 1.807) is 11.3 Å². The summed E-state index contributed by atoms with van der Waals surface area (Å²) in [6.07, 6.45) is 0. The average molecular weight is 339 g/mol. The minimum Gasteiger partial charge on any atom is -0.343 e. The Bertz CT molecular complexity index is 609. The second-order valence-electron chi connectivity index (χ2n) is 4.43. The largest absolute Gasteiger partial charge is 0.343 e. The Hall–Kier alpha value is -1.20. The SMILES string of the molecule is Cc1csc(C(C)NC(=O)c2cccc(Br)c2C)n1. The number of thiazole rings is 1. The number of aromatic nitrogens is 1. The Morgan fingerprint density at radius 2 is 2.16 bits per heavy atom. The molecule has 0 fully saturated rings. The van der Waals surface area contributed by atoms with Gasteiger partial charge < -0.3 is 5.32 Å². The molecular formula is C14H15BrN2OS. The minimum absolute atomic E-state index is 0.0702. The van der Waals surface area contributed by atoms with Gasteiger partial charge in [-0.05, 0) is 38.5 Å². The molecule has 2 rings (SSSR count). The molecule has 1 atom stereocenters. The van der Waals surface area contributed by atoms with Crippen LogP contribution in [0.25, 0.3) is 0 Å². The lowest BCUT2D eigenvalue weighted by Gasteiger charge is -2.13. The van der Waals surface area contributed by atoms with Crippen LogP contribution in [-0.2, 0) is 0 Å².